The predicted octanol–water partition coefficient (Wildman–Crippen LogP) is 2.98. The molecule has 0 N–H and O–H groups in total. The fourth-order valence-electron chi connectivity index (χ4n) is 2.57. The average molecular weight is 219 g/mol. The van der Waals surface area contributed by atoms with Gasteiger partial charge in [0, 0.05) is 0 Å². The van der Waals surface area contributed by atoms with Gasteiger partial charge in [-0.05, 0) is 30.6 Å². The summed E-state index contributed by atoms with van der Waals surface area (Å²) in [6.45, 7) is 6.66. The van der Waals surface area contributed by atoms with E-state index in [2.05, 4.69) is 20.8 Å². The molecule has 0 aromatic rings. The van der Waals surface area contributed by atoms with Crippen LogP contribution in [0.5, 0.6) is 0 Å². The number of hydrogen-bond donors (Lipinski definition) is 0. The molecule has 3 heteroatoms. The maximum atomic E-state index is 11.0. The summed E-state index contributed by atoms with van der Waals surface area (Å²) in [6.07, 6.45) is 3.22. The second-order valence-corrected chi connectivity index (χ2v) is 5.43. The highest BCUT2D eigenvalue weighted by molar-refractivity contribution is 6.26. The first kappa shape index (κ1) is 11.8. The van der Waals surface area contributed by atoms with E-state index in [0.29, 0.717) is 5.92 Å². The lowest BCUT2D eigenvalue weighted by atomic mass is 9.71. The van der Waals surface area contributed by atoms with Gasteiger partial charge < -0.3 is 4.74 Å². The fourth-order valence-corrected chi connectivity index (χ4v) is 2.63. The van der Waals surface area contributed by atoms with Crippen molar-refractivity contribution in [3.8, 4) is 0 Å². The summed E-state index contributed by atoms with van der Waals surface area (Å²) < 4.78 is 5.28. The number of esters is 1. The monoisotopic (exact) mass is 218 g/mol. The normalized spacial score (nSPS) is 31.1. The first-order chi connectivity index (χ1) is 6.43. The van der Waals surface area contributed by atoms with Gasteiger partial charge in [-0.2, -0.15) is 0 Å². The molecule has 0 spiro atoms. The highest BCUT2D eigenvalue weighted by Crippen LogP contribution is 2.39. The zero-order valence-electron chi connectivity index (χ0n) is 9.18. The van der Waals surface area contributed by atoms with Crippen molar-refractivity contribution in [2.75, 3.05) is 5.88 Å². The standard InChI is InChI=1S/C11H19ClO2/c1-8-4-9(14-10(13)7-12)6-11(2,3)5-8/h8-9H,4-7H2,1-3H3/t8-,9+/m0/s1. The van der Waals surface area contributed by atoms with E-state index in [4.69, 9.17) is 16.3 Å². The van der Waals surface area contributed by atoms with Crippen LogP contribution >= 0.6 is 11.6 Å². The maximum Gasteiger partial charge on any atom is 0.321 e. The maximum absolute atomic E-state index is 11.0. The molecule has 0 unspecified atom stereocenters. The Morgan fingerprint density at radius 3 is 2.64 bits per heavy atom. The molecule has 0 aromatic heterocycles. The molecule has 1 aliphatic carbocycles. The van der Waals surface area contributed by atoms with Crippen LogP contribution in [0.4, 0.5) is 0 Å². The molecule has 0 heterocycles. The van der Waals surface area contributed by atoms with Crippen molar-refractivity contribution in [2.45, 2.75) is 46.1 Å². The molecule has 1 rings (SSSR count). The molecule has 0 aliphatic heterocycles. The summed E-state index contributed by atoms with van der Waals surface area (Å²) in [5, 5.41) is 0. The summed E-state index contributed by atoms with van der Waals surface area (Å²) in [6, 6.07) is 0. The number of alkyl halides is 1. The summed E-state index contributed by atoms with van der Waals surface area (Å²) in [4.78, 5) is 11.0. The minimum atomic E-state index is -0.290. The van der Waals surface area contributed by atoms with E-state index in [0.717, 1.165) is 12.8 Å². The number of hydrogen-bond acceptors (Lipinski definition) is 2. The Morgan fingerprint density at radius 2 is 2.14 bits per heavy atom. The van der Waals surface area contributed by atoms with Crippen LogP contribution in [0.3, 0.4) is 0 Å². The van der Waals surface area contributed by atoms with Gasteiger partial charge >= 0.3 is 5.97 Å². The zero-order valence-corrected chi connectivity index (χ0v) is 9.93. The van der Waals surface area contributed by atoms with Crippen LogP contribution in [0.1, 0.15) is 40.0 Å². The van der Waals surface area contributed by atoms with E-state index in [-0.39, 0.29) is 23.4 Å². The van der Waals surface area contributed by atoms with Gasteiger partial charge in [-0.25, -0.2) is 0 Å². The first-order valence-corrected chi connectivity index (χ1v) is 5.72. The summed E-state index contributed by atoms with van der Waals surface area (Å²) in [7, 11) is 0. The number of carbonyl (C=O) groups is 1. The van der Waals surface area contributed by atoms with Crippen molar-refractivity contribution in [1.82, 2.24) is 0 Å². The van der Waals surface area contributed by atoms with Crippen molar-refractivity contribution in [3.05, 3.63) is 0 Å². The van der Waals surface area contributed by atoms with Gasteiger partial charge in [0.1, 0.15) is 12.0 Å². The van der Waals surface area contributed by atoms with Crippen LogP contribution in [0, 0.1) is 11.3 Å². The largest absolute Gasteiger partial charge is 0.461 e. The van der Waals surface area contributed by atoms with Crippen molar-refractivity contribution >= 4 is 17.6 Å². The van der Waals surface area contributed by atoms with Crippen LogP contribution in [-0.2, 0) is 9.53 Å². The van der Waals surface area contributed by atoms with Crippen molar-refractivity contribution in [1.29, 1.82) is 0 Å². The smallest absolute Gasteiger partial charge is 0.321 e. The molecule has 1 aliphatic rings. The Balaban J connectivity index is 2.50. The Hall–Kier alpha value is -0.240. The molecule has 82 valence electrons. The van der Waals surface area contributed by atoms with Crippen LogP contribution in [-0.4, -0.2) is 18.0 Å². The molecule has 0 amide bonds. The van der Waals surface area contributed by atoms with Crippen LogP contribution < -0.4 is 0 Å². The number of halogens is 1. The lowest BCUT2D eigenvalue weighted by Crippen LogP contribution is -2.34. The average Bonchev–Trinajstić information content (AvgIpc) is 1.99. The van der Waals surface area contributed by atoms with Crippen molar-refractivity contribution in [2.24, 2.45) is 11.3 Å². The Morgan fingerprint density at radius 1 is 1.50 bits per heavy atom. The summed E-state index contributed by atoms with van der Waals surface area (Å²) >= 11 is 5.40. The molecule has 1 saturated carbocycles. The third kappa shape index (κ3) is 3.49. The predicted molar refractivity (Wildman–Crippen MR) is 57.4 cm³/mol. The quantitative estimate of drug-likeness (QED) is 0.526. The highest BCUT2D eigenvalue weighted by atomic mass is 35.5. The van der Waals surface area contributed by atoms with Crippen molar-refractivity contribution in [3.63, 3.8) is 0 Å². The van der Waals surface area contributed by atoms with Gasteiger partial charge in [0.2, 0.25) is 0 Å². The zero-order chi connectivity index (χ0) is 10.8. The van der Waals surface area contributed by atoms with E-state index in [1.807, 2.05) is 0 Å². The van der Waals surface area contributed by atoms with Crippen LogP contribution in [0.25, 0.3) is 0 Å². The van der Waals surface area contributed by atoms with E-state index in [1.54, 1.807) is 0 Å². The van der Waals surface area contributed by atoms with Gasteiger partial charge in [-0.1, -0.05) is 20.8 Å². The Bertz CT molecular complexity index is 213. The molecule has 14 heavy (non-hydrogen) atoms. The molecule has 0 saturated heterocycles. The van der Waals surface area contributed by atoms with Gasteiger partial charge in [0.05, 0.1) is 0 Å². The molecular weight excluding hydrogens is 200 g/mol. The molecule has 0 aromatic carbocycles. The third-order valence-electron chi connectivity index (χ3n) is 2.75. The van der Waals surface area contributed by atoms with E-state index in [1.165, 1.54) is 6.42 Å². The number of carbonyl (C=O) groups excluding carboxylic acids is 1. The van der Waals surface area contributed by atoms with Crippen LogP contribution in [0.15, 0.2) is 0 Å². The second-order valence-electron chi connectivity index (χ2n) is 5.16. The highest BCUT2D eigenvalue weighted by Gasteiger charge is 2.33. The second kappa shape index (κ2) is 4.52. The third-order valence-corrected chi connectivity index (χ3v) is 2.97. The first-order valence-electron chi connectivity index (χ1n) is 5.18. The number of ether oxygens (including phenoxy) is 1. The topological polar surface area (TPSA) is 26.3 Å². The van der Waals surface area contributed by atoms with Gasteiger partial charge in [0.15, 0.2) is 0 Å². The van der Waals surface area contributed by atoms with Crippen LogP contribution in [0.2, 0.25) is 0 Å². The van der Waals surface area contributed by atoms with Crippen molar-refractivity contribution < 1.29 is 9.53 Å². The number of rotatable bonds is 2. The minimum absolute atomic E-state index is 0.0364. The van der Waals surface area contributed by atoms with Gasteiger partial charge in [0.25, 0.3) is 0 Å². The SMILES string of the molecule is C[C@H]1C[C@@H](OC(=O)CCl)CC(C)(C)C1. The fraction of sp³-hybridized carbons (Fsp3) is 0.909. The van der Waals surface area contributed by atoms with Gasteiger partial charge in [-0.3, -0.25) is 4.79 Å². The van der Waals surface area contributed by atoms with E-state index in [9.17, 15) is 4.79 Å². The summed E-state index contributed by atoms with van der Waals surface area (Å²) in [5.41, 5.74) is 0.287. The van der Waals surface area contributed by atoms with E-state index < -0.39 is 0 Å². The Labute approximate surface area is 91.0 Å². The summed E-state index contributed by atoms with van der Waals surface area (Å²) in [5.74, 6) is 0.305. The molecule has 0 radical (unpaired) electrons. The molecule has 1 fully saturated rings. The lowest BCUT2D eigenvalue weighted by molar-refractivity contribution is -0.150. The Kier molecular flexibility index (Phi) is 3.82. The molecular formula is C11H19ClO2. The molecule has 2 nitrogen and oxygen atoms in total. The minimum Gasteiger partial charge on any atom is -0.461 e. The van der Waals surface area contributed by atoms with E-state index >= 15 is 0 Å². The lowest BCUT2D eigenvalue weighted by Gasteiger charge is -2.38. The molecule has 2 atom stereocenters. The molecule has 0 bridgehead atoms. The van der Waals surface area contributed by atoms with Gasteiger partial charge in [-0.15, -0.1) is 11.6 Å².